The van der Waals surface area contributed by atoms with Gasteiger partial charge in [-0.05, 0) is 6.92 Å². The van der Waals surface area contributed by atoms with Crippen molar-refractivity contribution in [3.05, 3.63) is 12.3 Å². The Morgan fingerprint density at radius 1 is 1.50 bits per heavy atom. The van der Waals surface area contributed by atoms with Crippen LogP contribution in [0.5, 0.6) is 0 Å². The lowest BCUT2D eigenvalue weighted by Gasteiger charge is -2.01. The molecular weight excluding hydrogens is 160 g/mol. The van der Waals surface area contributed by atoms with E-state index in [0.29, 0.717) is 0 Å². The van der Waals surface area contributed by atoms with Crippen molar-refractivity contribution in [2.45, 2.75) is 6.92 Å². The average Bonchev–Trinajstić information content (AvgIpc) is 2.10. The van der Waals surface area contributed by atoms with Crippen LogP contribution in [0, 0.1) is 0 Å². The molecule has 0 fully saturated rings. The Kier molecular flexibility index (Phi) is 5.42. The Hall–Kier alpha value is -1.52. The maximum absolute atomic E-state index is 10.7. The highest BCUT2D eigenvalue weighted by atomic mass is 16.5. The first kappa shape index (κ1) is 10.5. The molecule has 68 valence electrons. The van der Waals surface area contributed by atoms with E-state index in [-0.39, 0.29) is 6.54 Å². The molecule has 0 radical (unpaired) electrons. The van der Waals surface area contributed by atoms with Gasteiger partial charge in [-0.1, -0.05) is 6.08 Å². The number of allylic oxidation sites excluding steroid dienone is 1. The van der Waals surface area contributed by atoms with E-state index in [1.807, 2.05) is 0 Å². The SMILES string of the molecule is C/C=C/NC(=O)NCC(=O)OC. The summed E-state index contributed by atoms with van der Waals surface area (Å²) >= 11 is 0. The van der Waals surface area contributed by atoms with Crippen LogP contribution in [0.2, 0.25) is 0 Å². The van der Waals surface area contributed by atoms with E-state index >= 15 is 0 Å². The van der Waals surface area contributed by atoms with Gasteiger partial charge >= 0.3 is 12.0 Å². The number of methoxy groups -OCH3 is 1. The molecule has 0 unspecified atom stereocenters. The van der Waals surface area contributed by atoms with E-state index in [0.717, 1.165) is 0 Å². The van der Waals surface area contributed by atoms with Crippen LogP contribution in [0.1, 0.15) is 6.92 Å². The maximum Gasteiger partial charge on any atom is 0.325 e. The van der Waals surface area contributed by atoms with Crippen molar-refractivity contribution in [3.8, 4) is 0 Å². The predicted octanol–water partition coefficient (Wildman–Crippen LogP) is -0.00780. The molecule has 0 heterocycles. The fourth-order valence-corrected chi connectivity index (χ4v) is 0.435. The Morgan fingerprint density at radius 3 is 2.67 bits per heavy atom. The summed E-state index contributed by atoms with van der Waals surface area (Å²) in [6.07, 6.45) is 3.13. The zero-order chi connectivity index (χ0) is 9.40. The molecule has 0 saturated carbocycles. The lowest BCUT2D eigenvalue weighted by Crippen LogP contribution is -2.36. The second kappa shape index (κ2) is 6.21. The fraction of sp³-hybridized carbons (Fsp3) is 0.429. The first-order valence-electron chi connectivity index (χ1n) is 3.43. The van der Waals surface area contributed by atoms with Gasteiger partial charge in [-0.15, -0.1) is 0 Å². The number of urea groups is 1. The number of nitrogens with one attached hydrogen (secondary N) is 2. The molecule has 0 spiro atoms. The van der Waals surface area contributed by atoms with Gasteiger partial charge < -0.3 is 15.4 Å². The molecule has 2 N–H and O–H groups in total. The van der Waals surface area contributed by atoms with Crippen LogP contribution in [-0.4, -0.2) is 25.7 Å². The van der Waals surface area contributed by atoms with Crippen molar-refractivity contribution in [2.24, 2.45) is 0 Å². The third-order valence-corrected chi connectivity index (χ3v) is 1.00. The predicted molar refractivity (Wildman–Crippen MR) is 43.4 cm³/mol. The van der Waals surface area contributed by atoms with Crippen molar-refractivity contribution in [1.82, 2.24) is 10.6 Å². The molecule has 5 nitrogen and oxygen atoms in total. The number of rotatable bonds is 3. The second-order valence-electron chi connectivity index (χ2n) is 1.90. The zero-order valence-corrected chi connectivity index (χ0v) is 7.09. The van der Waals surface area contributed by atoms with Crippen molar-refractivity contribution in [1.29, 1.82) is 0 Å². The van der Waals surface area contributed by atoms with Crippen molar-refractivity contribution >= 4 is 12.0 Å². The molecule has 0 rings (SSSR count). The van der Waals surface area contributed by atoms with Crippen LogP contribution in [0.25, 0.3) is 0 Å². The van der Waals surface area contributed by atoms with Gasteiger partial charge in [-0.2, -0.15) is 0 Å². The van der Waals surface area contributed by atoms with Crippen LogP contribution in [0.4, 0.5) is 4.79 Å². The molecule has 12 heavy (non-hydrogen) atoms. The largest absolute Gasteiger partial charge is 0.468 e. The van der Waals surface area contributed by atoms with E-state index in [4.69, 9.17) is 0 Å². The highest BCUT2D eigenvalue weighted by Crippen LogP contribution is 1.71. The van der Waals surface area contributed by atoms with Gasteiger partial charge in [-0.25, -0.2) is 4.79 Å². The van der Waals surface area contributed by atoms with Gasteiger partial charge in [0.15, 0.2) is 0 Å². The minimum Gasteiger partial charge on any atom is -0.468 e. The smallest absolute Gasteiger partial charge is 0.325 e. The van der Waals surface area contributed by atoms with Gasteiger partial charge in [-0.3, -0.25) is 4.79 Å². The number of hydrogen-bond acceptors (Lipinski definition) is 3. The summed E-state index contributed by atoms with van der Waals surface area (Å²) in [6, 6.07) is -0.432. The summed E-state index contributed by atoms with van der Waals surface area (Å²) in [4.78, 5) is 21.2. The number of esters is 1. The van der Waals surface area contributed by atoms with Crippen molar-refractivity contribution in [3.63, 3.8) is 0 Å². The molecule has 2 amide bonds. The molecule has 0 aliphatic rings. The zero-order valence-electron chi connectivity index (χ0n) is 7.09. The number of amides is 2. The van der Waals surface area contributed by atoms with Gasteiger partial charge in [0, 0.05) is 6.20 Å². The van der Waals surface area contributed by atoms with E-state index in [2.05, 4.69) is 15.4 Å². The van der Waals surface area contributed by atoms with E-state index in [1.54, 1.807) is 13.0 Å². The molecule has 0 aromatic heterocycles. The summed E-state index contributed by atoms with van der Waals surface area (Å²) < 4.78 is 4.31. The molecule has 0 aliphatic heterocycles. The number of hydrogen-bond donors (Lipinski definition) is 2. The summed E-state index contributed by atoms with van der Waals surface area (Å²) in [5, 5.41) is 4.67. The quantitative estimate of drug-likeness (QED) is 0.588. The highest BCUT2D eigenvalue weighted by Gasteiger charge is 2.01. The molecule has 5 heteroatoms. The minimum atomic E-state index is -0.481. The Labute approximate surface area is 70.8 Å². The Balaban J connectivity index is 3.50. The van der Waals surface area contributed by atoms with Gasteiger partial charge in [0.2, 0.25) is 0 Å². The standard InChI is InChI=1S/C7H12N2O3/c1-3-4-8-7(11)9-5-6(10)12-2/h3-4H,5H2,1-2H3,(H2,8,9,11)/b4-3+. The Morgan fingerprint density at radius 2 is 2.17 bits per heavy atom. The first-order chi connectivity index (χ1) is 5.70. The third-order valence-electron chi connectivity index (χ3n) is 1.00. The minimum absolute atomic E-state index is 0.125. The molecule has 0 atom stereocenters. The molecule has 0 aliphatic carbocycles. The first-order valence-corrected chi connectivity index (χ1v) is 3.43. The normalized spacial score (nSPS) is 9.50. The number of ether oxygens (including phenoxy) is 1. The van der Waals surface area contributed by atoms with Crippen molar-refractivity contribution in [2.75, 3.05) is 13.7 Å². The van der Waals surface area contributed by atoms with Crippen LogP contribution in [-0.2, 0) is 9.53 Å². The molecular formula is C7H12N2O3. The third kappa shape index (κ3) is 5.28. The van der Waals surface area contributed by atoms with Crippen LogP contribution < -0.4 is 10.6 Å². The summed E-state index contributed by atoms with van der Waals surface area (Å²) in [5.41, 5.74) is 0. The summed E-state index contributed by atoms with van der Waals surface area (Å²) in [5.74, 6) is -0.481. The van der Waals surface area contributed by atoms with Crippen LogP contribution in [0.3, 0.4) is 0 Å². The topological polar surface area (TPSA) is 67.4 Å². The summed E-state index contributed by atoms with van der Waals surface area (Å²) in [7, 11) is 1.26. The monoisotopic (exact) mass is 172 g/mol. The van der Waals surface area contributed by atoms with Gasteiger partial charge in [0.25, 0.3) is 0 Å². The van der Waals surface area contributed by atoms with E-state index in [1.165, 1.54) is 13.3 Å². The fourth-order valence-electron chi connectivity index (χ4n) is 0.435. The lowest BCUT2D eigenvalue weighted by atomic mass is 10.6. The second-order valence-corrected chi connectivity index (χ2v) is 1.90. The molecule has 0 aromatic rings. The molecule has 0 bridgehead atoms. The highest BCUT2D eigenvalue weighted by molar-refractivity contribution is 5.81. The average molecular weight is 172 g/mol. The molecule has 0 aromatic carbocycles. The van der Waals surface area contributed by atoms with Gasteiger partial charge in [0.1, 0.15) is 6.54 Å². The summed E-state index contributed by atoms with van der Waals surface area (Å²) in [6.45, 7) is 1.64. The number of carbonyl (C=O) groups is 2. The van der Waals surface area contributed by atoms with Gasteiger partial charge in [0.05, 0.1) is 7.11 Å². The maximum atomic E-state index is 10.7. The lowest BCUT2D eigenvalue weighted by molar-refractivity contribution is -0.139. The Bertz CT molecular complexity index is 189. The number of carbonyl (C=O) groups excluding carboxylic acids is 2. The van der Waals surface area contributed by atoms with Crippen LogP contribution in [0.15, 0.2) is 12.3 Å². The molecule has 0 saturated heterocycles. The van der Waals surface area contributed by atoms with Crippen molar-refractivity contribution < 1.29 is 14.3 Å². The van der Waals surface area contributed by atoms with E-state index < -0.39 is 12.0 Å². The van der Waals surface area contributed by atoms with Crippen LogP contribution >= 0.6 is 0 Å². The van der Waals surface area contributed by atoms with E-state index in [9.17, 15) is 9.59 Å².